The van der Waals surface area contributed by atoms with Crippen LogP contribution in [0.15, 0.2) is 27.6 Å². The van der Waals surface area contributed by atoms with Crippen LogP contribution in [0.3, 0.4) is 0 Å². The van der Waals surface area contributed by atoms with Crippen LogP contribution in [0.5, 0.6) is 5.75 Å². The molecule has 1 heterocycles. The first kappa shape index (κ1) is 18.7. The Balaban J connectivity index is 0.00000220. The molecule has 1 aromatic rings. The zero-order chi connectivity index (χ0) is 14.8. The van der Waals surface area contributed by atoms with Crippen LogP contribution < -0.4 is 10.1 Å². The van der Waals surface area contributed by atoms with Gasteiger partial charge >= 0.3 is 0 Å². The zero-order valence-corrected chi connectivity index (χ0v) is 15.2. The van der Waals surface area contributed by atoms with Crippen LogP contribution >= 0.6 is 28.3 Å². The number of methoxy groups -OCH3 is 1. The van der Waals surface area contributed by atoms with Crippen LogP contribution in [-0.2, 0) is 10.0 Å². The summed E-state index contributed by atoms with van der Waals surface area (Å²) in [4.78, 5) is 0.293. The van der Waals surface area contributed by atoms with Gasteiger partial charge in [-0.15, -0.1) is 12.4 Å². The molecule has 0 amide bonds. The monoisotopic (exact) mass is 398 g/mol. The number of ether oxygens (including phenoxy) is 1. The second kappa shape index (κ2) is 7.78. The first-order chi connectivity index (χ1) is 9.50. The summed E-state index contributed by atoms with van der Waals surface area (Å²) in [5.41, 5.74) is 0. The third-order valence-corrected chi connectivity index (χ3v) is 6.42. The van der Waals surface area contributed by atoms with Gasteiger partial charge in [0.05, 0.1) is 12.0 Å². The number of halogens is 2. The molecule has 2 rings (SSSR count). The van der Waals surface area contributed by atoms with Crippen molar-refractivity contribution in [3.8, 4) is 5.75 Å². The van der Waals surface area contributed by atoms with Crippen LogP contribution in [-0.4, -0.2) is 46.0 Å². The van der Waals surface area contributed by atoms with E-state index in [2.05, 4.69) is 21.2 Å². The van der Waals surface area contributed by atoms with Gasteiger partial charge in [-0.1, -0.05) is 0 Å². The smallest absolute Gasteiger partial charge is 0.244 e. The molecule has 0 aliphatic carbocycles. The maximum absolute atomic E-state index is 12.8. The molecule has 1 unspecified atom stereocenters. The van der Waals surface area contributed by atoms with Crippen molar-refractivity contribution in [2.24, 2.45) is 0 Å². The van der Waals surface area contributed by atoms with Crippen LogP contribution in [0.2, 0.25) is 0 Å². The summed E-state index contributed by atoms with van der Waals surface area (Å²) in [6.45, 7) is 1.25. The van der Waals surface area contributed by atoms with E-state index < -0.39 is 10.0 Å². The number of hydrogen-bond acceptors (Lipinski definition) is 4. The molecular formula is C13H20BrClN2O3S. The molecule has 5 nitrogen and oxygen atoms in total. The maximum atomic E-state index is 12.8. The van der Waals surface area contributed by atoms with E-state index in [0.717, 1.165) is 12.8 Å². The van der Waals surface area contributed by atoms with Gasteiger partial charge in [0, 0.05) is 23.6 Å². The first-order valence-corrected chi connectivity index (χ1v) is 8.74. The minimum Gasteiger partial charge on any atom is -0.497 e. The Bertz CT molecular complexity index is 583. The standard InChI is InChI=1S/C13H19BrN2O3S.ClH/c1-15-9-10-4-3-7-16(10)20(17,18)13-6-5-11(19-2)8-12(13)14;/h5-6,8,10,15H,3-4,7,9H2,1-2H3;1H. The predicted octanol–water partition coefficient (Wildman–Crippen LogP) is 2.25. The van der Waals surface area contributed by atoms with Gasteiger partial charge in [0.15, 0.2) is 0 Å². The molecule has 1 saturated heterocycles. The van der Waals surface area contributed by atoms with Gasteiger partial charge in [-0.3, -0.25) is 0 Å². The highest BCUT2D eigenvalue weighted by atomic mass is 79.9. The van der Waals surface area contributed by atoms with Gasteiger partial charge in [0.25, 0.3) is 0 Å². The van der Waals surface area contributed by atoms with E-state index in [1.807, 2.05) is 7.05 Å². The van der Waals surface area contributed by atoms with E-state index in [-0.39, 0.29) is 18.4 Å². The van der Waals surface area contributed by atoms with Crippen LogP contribution in [0.4, 0.5) is 0 Å². The molecule has 8 heteroatoms. The van der Waals surface area contributed by atoms with Crippen molar-refractivity contribution < 1.29 is 13.2 Å². The third kappa shape index (κ3) is 3.90. The lowest BCUT2D eigenvalue weighted by Gasteiger charge is -2.24. The van der Waals surface area contributed by atoms with Crippen molar-refractivity contribution in [1.29, 1.82) is 0 Å². The van der Waals surface area contributed by atoms with Crippen molar-refractivity contribution in [2.45, 2.75) is 23.8 Å². The van der Waals surface area contributed by atoms with E-state index in [4.69, 9.17) is 4.74 Å². The second-order valence-corrected chi connectivity index (χ2v) is 7.48. The average Bonchev–Trinajstić information content (AvgIpc) is 2.87. The Labute approximate surface area is 140 Å². The molecule has 0 saturated carbocycles. The molecule has 0 spiro atoms. The lowest BCUT2D eigenvalue weighted by atomic mass is 10.2. The molecule has 0 bridgehead atoms. The number of sulfonamides is 1. The van der Waals surface area contributed by atoms with E-state index in [1.165, 1.54) is 0 Å². The number of nitrogens with zero attached hydrogens (tertiary/aromatic N) is 1. The number of nitrogens with one attached hydrogen (secondary N) is 1. The first-order valence-electron chi connectivity index (χ1n) is 6.50. The summed E-state index contributed by atoms with van der Waals surface area (Å²) in [6, 6.07) is 4.96. The zero-order valence-electron chi connectivity index (χ0n) is 12.0. The largest absolute Gasteiger partial charge is 0.497 e. The fraction of sp³-hybridized carbons (Fsp3) is 0.538. The highest BCUT2D eigenvalue weighted by Crippen LogP contribution is 2.32. The molecule has 0 aromatic heterocycles. The highest BCUT2D eigenvalue weighted by molar-refractivity contribution is 9.10. The van der Waals surface area contributed by atoms with Crippen molar-refractivity contribution in [2.75, 3.05) is 27.2 Å². The number of likely N-dealkylation sites (N-methyl/N-ethyl adjacent to an activating group) is 1. The number of rotatable bonds is 5. The van der Waals surface area contributed by atoms with E-state index in [9.17, 15) is 8.42 Å². The molecule has 1 aliphatic rings. The predicted molar refractivity (Wildman–Crippen MR) is 88.8 cm³/mol. The summed E-state index contributed by atoms with van der Waals surface area (Å²) in [6.07, 6.45) is 1.80. The van der Waals surface area contributed by atoms with Gasteiger partial charge in [-0.25, -0.2) is 8.42 Å². The molecular weight excluding hydrogens is 380 g/mol. The van der Waals surface area contributed by atoms with E-state index >= 15 is 0 Å². The molecule has 1 atom stereocenters. The van der Waals surface area contributed by atoms with Crippen LogP contribution in [0.25, 0.3) is 0 Å². The van der Waals surface area contributed by atoms with Crippen molar-refractivity contribution in [1.82, 2.24) is 9.62 Å². The van der Waals surface area contributed by atoms with Gasteiger partial charge < -0.3 is 10.1 Å². The SMILES string of the molecule is CNCC1CCCN1S(=O)(=O)c1ccc(OC)cc1Br.Cl. The lowest BCUT2D eigenvalue weighted by Crippen LogP contribution is -2.40. The Morgan fingerprint density at radius 2 is 2.19 bits per heavy atom. The summed E-state index contributed by atoms with van der Waals surface area (Å²) >= 11 is 3.33. The van der Waals surface area contributed by atoms with E-state index in [1.54, 1.807) is 29.6 Å². The van der Waals surface area contributed by atoms with Gasteiger partial charge in [0.2, 0.25) is 10.0 Å². The summed E-state index contributed by atoms with van der Waals surface area (Å²) in [5, 5.41) is 3.06. The fourth-order valence-electron chi connectivity index (χ4n) is 2.51. The Kier molecular flexibility index (Phi) is 6.93. The third-order valence-electron chi connectivity index (χ3n) is 3.49. The van der Waals surface area contributed by atoms with Crippen molar-refractivity contribution in [3.05, 3.63) is 22.7 Å². The Morgan fingerprint density at radius 1 is 1.48 bits per heavy atom. The second-order valence-electron chi connectivity index (χ2n) is 4.77. The van der Waals surface area contributed by atoms with Gasteiger partial charge in [0.1, 0.15) is 5.75 Å². The number of hydrogen-bond donors (Lipinski definition) is 1. The van der Waals surface area contributed by atoms with Gasteiger partial charge in [-0.2, -0.15) is 4.31 Å². The summed E-state index contributed by atoms with van der Waals surface area (Å²) < 4.78 is 32.8. The highest BCUT2D eigenvalue weighted by Gasteiger charge is 2.35. The normalized spacial score (nSPS) is 19.3. The number of benzene rings is 1. The van der Waals surface area contributed by atoms with E-state index in [0.29, 0.717) is 28.2 Å². The quantitative estimate of drug-likeness (QED) is 0.825. The molecule has 21 heavy (non-hydrogen) atoms. The van der Waals surface area contributed by atoms with Crippen molar-refractivity contribution >= 4 is 38.4 Å². The molecule has 1 aromatic carbocycles. The summed E-state index contributed by atoms with van der Waals surface area (Å²) in [5.74, 6) is 0.629. The molecule has 0 radical (unpaired) electrons. The molecule has 120 valence electrons. The summed E-state index contributed by atoms with van der Waals surface area (Å²) in [7, 11) is -0.0802. The molecule has 1 N–H and O–H groups in total. The molecule has 1 aliphatic heterocycles. The lowest BCUT2D eigenvalue weighted by molar-refractivity contribution is 0.378. The van der Waals surface area contributed by atoms with Crippen molar-refractivity contribution in [3.63, 3.8) is 0 Å². The van der Waals surface area contributed by atoms with Crippen LogP contribution in [0.1, 0.15) is 12.8 Å². The van der Waals surface area contributed by atoms with Gasteiger partial charge in [-0.05, 0) is 54.0 Å². The minimum atomic E-state index is -3.47. The molecule has 1 fully saturated rings. The average molecular weight is 400 g/mol. The minimum absolute atomic E-state index is 0. The maximum Gasteiger partial charge on any atom is 0.244 e. The Morgan fingerprint density at radius 3 is 2.76 bits per heavy atom. The Hall–Kier alpha value is -0.340. The van der Waals surface area contributed by atoms with Crippen LogP contribution in [0, 0.1) is 0 Å². The topological polar surface area (TPSA) is 58.6 Å². The fourth-order valence-corrected chi connectivity index (χ4v) is 5.22.